The van der Waals surface area contributed by atoms with E-state index in [-0.39, 0.29) is 17.2 Å². The van der Waals surface area contributed by atoms with Crippen molar-refractivity contribution in [2.75, 3.05) is 16.7 Å². The van der Waals surface area contributed by atoms with Crippen LogP contribution in [0.4, 0.5) is 11.4 Å². The number of nitrogens with one attached hydrogen (secondary N) is 1. The van der Waals surface area contributed by atoms with Gasteiger partial charge in [-0.05, 0) is 54.1 Å². The minimum absolute atomic E-state index is 0.166. The molecule has 0 atom stereocenters. The summed E-state index contributed by atoms with van der Waals surface area (Å²) >= 11 is 5.83. The van der Waals surface area contributed by atoms with Crippen molar-refractivity contribution in [3.05, 3.63) is 89.4 Å². The summed E-state index contributed by atoms with van der Waals surface area (Å²) < 4.78 is 26.6. The fraction of sp³-hybridized carbons (Fsp3) is 0.0952. The van der Waals surface area contributed by atoms with Crippen LogP contribution in [0.15, 0.2) is 83.8 Å². The van der Waals surface area contributed by atoms with Crippen LogP contribution in [0.5, 0.6) is 0 Å². The highest BCUT2D eigenvalue weighted by Gasteiger charge is 2.20. The number of rotatable bonds is 6. The maximum atomic E-state index is 12.7. The molecule has 0 bridgehead atoms. The molecule has 5 nitrogen and oxygen atoms in total. The van der Waals surface area contributed by atoms with E-state index < -0.39 is 10.0 Å². The third kappa shape index (κ3) is 4.71. The lowest BCUT2D eigenvalue weighted by molar-refractivity contribution is -0.115. The number of hydrogen-bond donors (Lipinski definition) is 1. The Labute approximate surface area is 169 Å². The van der Waals surface area contributed by atoms with E-state index >= 15 is 0 Å². The summed E-state index contributed by atoms with van der Waals surface area (Å²) in [5.74, 6) is -0.166. The molecule has 3 aromatic carbocycles. The monoisotopic (exact) mass is 414 g/mol. The highest BCUT2D eigenvalue weighted by atomic mass is 35.5. The van der Waals surface area contributed by atoms with Crippen LogP contribution in [0.3, 0.4) is 0 Å². The molecule has 0 fully saturated rings. The van der Waals surface area contributed by atoms with Gasteiger partial charge in [0.05, 0.1) is 17.0 Å². The summed E-state index contributed by atoms with van der Waals surface area (Å²) in [7, 11) is -2.12. The Hall–Kier alpha value is -2.83. The molecule has 0 aliphatic heterocycles. The molecule has 1 N–H and O–H groups in total. The fourth-order valence-electron chi connectivity index (χ4n) is 2.64. The van der Waals surface area contributed by atoms with Gasteiger partial charge in [0.25, 0.3) is 10.0 Å². The van der Waals surface area contributed by atoms with Crippen LogP contribution < -0.4 is 9.62 Å². The van der Waals surface area contributed by atoms with Crippen molar-refractivity contribution in [3.63, 3.8) is 0 Å². The second-order valence-corrected chi connectivity index (χ2v) is 8.59. The fourth-order valence-corrected chi connectivity index (χ4v) is 3.98. The highest BCUT2D eigenvalue weighted by Crippen LogP contribution is 2.22. The lowest BCUT2D eigenvalue weighted by Gasteiger charge is -2.19. The maximum Gasteiger partial charge on any atom is 0.264 e. The van der Waals surface area contributed by atoms with Crippen molar-refractivity contribution in [2.24, 2.45) is 0 Å². The molecule has 0 aliphatic rings. The van der Waals surface area contributed by atoms with Crippen molar-refractivity contribution in [3.8, 4) is 0 Å². The molecule has 0 saturated heterocycles. The summed E-state index contributed by atoms with van der Waals surface area (Å²) in [6.07, 6.45) is 0.179. The number of hydrogen-bond acceptors (Lipinski definition) is 3. The molecule has 0 saturated carbocycles. The molecular weight excluding hydrogens is 396 g/mol. The number of sulfonamides is 1. The first-order valence-corrected chi connectivity index (χ1v) is 10.4. The SMILES string of the molecule is CN(c1ccc(CC(=O)Nc2ccc(Cl)cc2)cc1)S(=O)(=O)c1ccccc1. The second kappa shape index (κ2) is 8.46. The lowest BCUT2D eigenvalue weighted by Crippen LogP contribution is -2.26. The smallest absolute Gasteiger partial charge is 0.264 e. The molecule has 0 spiro atoms. The third-order valence-electron chi connectivity index (χ3n) is 4.19. The van der Waals surface area contributed by atoms with E-state index in [1.54, 1.807) is 78.9 Å². The van der Waals surface area contributed by atoms with Gasteiger partial charge in [0.15, 0.2) is 0 Å². The van der Waals surface area contributed by atoms with Crippen LogP contribution in [0.1, 0.15) is 5.56 Å². The van der Waals surface area contributed by atoms with E-state index in [4.69, 9.17) is 11.6 Å². The molecule has 7 heteroatoms. The normalized spacial score (nSPS) is 11.1. The zero-order valence-electron chi connectivity index (χ0n) is 15.2. The van der Waals surface area contributed by atoms with Crippen molar-refractivity contribution < 1.29 is 13.2 Å². The second-order valence-electron chi connectivity index (χ2n) is 6.18. The van der Waals surface area contributed by atoms with Gasteiger partial charge in [-0.15, -0.1) is 0 Å². The Morgan fingerprint density at radius 1 is 0.929 bits per heavy atom. The van der Waals surface area contributed by atoms with Crippen LogP contribution in [-0.4, -0.2) is 21.4 Å². The summed E-state index contributed by atoms with van der Waals surface area (Å²) in [6.45, 7) is 0. The van der Waals surface area contributed by atoms with Crippen molar-refractivity contribution in [1.82, 2.24) is 0 Å². The number of carbonyl (C=O) groups excluding carboxylic acids is 1. The van der Waals surface area contributed by atoms with E-state index in [1.165, 1.54) is 11.4 Å². The quantitative estimate of drug-likeness (QED) is 0.652. The number of amides is 1. The van der Waals surface area contributed by atoms with Crippen LogP contribution in [0.25, 0.3) is 0 Å². The molecule has 0 unspecified atom stereocenters. The summed E-state index contributed by atoms with van der Waals surface area (Å²) in [4.78, 5) is 12.4. The van der Waals surface area contributed by atoms with Gasteiger partial charge < -0.3 is 5.32 Å². The minimum Gasteiger partial charge on any atom is -0.326 e. The lowest BCUT2D eigenvalue weighted by atomic mass is 10.1. The Balaban J connectivity index is 1.67. The van der Waals surface area contributed by atoms with Crippen molar-refractivity contribution in [2.45, 2.75) is 11.3 Å². The first-order chi connectivity index (χ1) is 13.4. The van der Waals surface area contributed by atoms with Gasteiger partial charge in [0.2, 0.25) is 5.91 Å². The van der Waals surface area contributed by atoms with Crippen molar-refractivity contribution >= 4 is 38.9 Å². The van der Waals surface area contributed by atoms with Gasteiger partial charge >= 0.3 is 0 Å². The zero-order valence-corrected chi connectivity index (χ0v) is 16.7. The first-order valence-electron chi connectivity index (χ1n) is 8.54. The summed E-state index contributed by atoms with van der Waals surface area (Å²) in [5, 5.41) is 3.40. The van der Waals surface area contributed by atoms with Crippen molar-refractivity contribution in [1.29, 1.82) is 0 Å². The number of halogens is 1. The number of anilines is 2. The van der Waals surface area contributed by atoms with Crippen LogP contribution in [0, 0.1) is 0 Å². The third-order valence-corrected chi connectivity index (χ3v) is 6.25. The Morgan fingerprint density at radius 2 is 1.54 bits per heavy atom. The standard InChI is InChI=1S/C21H19ClN2O3S/c1-24(28(26,27)20-5-3-2-4-6-20)19-13-7-16(8-14-19)15-21(25)23-18-11-9-17(22)10-12-18/h2-14H,15H2,1H3,(H,23,25). The number of benzene rings is 3. The van der Waals surface area contributed by atoms with Gasteiger partial charge in [-0.25, -0.2) is 8.42 Å². The highest BCUT2D eigenvalue weighted by molar-refractivity contribution is 7.92. The summed E-state index contributed by atoms with van der Waals surface area (Å²) in [5.41, 5.74) is 1.96. The van der Waals surface area contributed by atoms with E-state index in [0.29, 0.717) is 16.4 Å². The van der Waals surface area contributed by atoms with E-state index in [2.05, 4.69) is 5.32 Å². The number of nitrogens with zero attached hydrogens (tertiary/aromatic N) is 1. The molecule has 0 aromatic heterocycles. The molecule has 28 heavy (non-hydrogen) atoms. The maximum absolute atomic E-state index is 12.7. The van der Waals surface area contributed by atoms with E-state index in [9.17, 15) is 13.2 Å². The first kappa shape index (κ1) is 19.9. The predicted octanol–water partition coefficient (Wildman–Crippen LogP) is 4.35. The van der Waals surface area contributed by atoms with E-state index in [1.807, 2.05) is 0 Å². The molecule has 144 valence electrons. The van der Waals surface area contributed by atoms with Gasteiger partial charge in [-0.2, -0.15) is 0 Å². The molecule has 0 heterocycles. The topological polar surface area (TPSA) is 66.5 Å². The average molecular weight is 415 g/mol. The van der Waals surface area contributed by atoms with Gasteiger partial charge in [-0.1, -0.05) is 41.9 Å². The molecule has 3 aromatic rings. The van der Waals surface area contributed by atoms with Gasteiger partial charge in [0.1, 0.15) is 0 Å². The molecule has 0 aliphatic carbocycles. The Morgan fingerprint density at radius 3 is 2.14 bits per heavy atom. The van der Waals surface area contributed by atoms with Gasteiger partial charge in [-0.3, -0.25) is 9.10 Å². The average Bonchev–Trinajstić information content (AvgIpc) is 2.70. The minimum atomic E-state index is -3.63. The molecule has 0 radical (unpaired) electrons. The zero-order chi connectivity index (χ0) is 20.1. The largest absolute Gasteiger partial charge is 0.326 e. The Kier molecular flexibility index (Phi) is 6.02. The number of carbonyl (C=O) groups is 1. The van der Waals surface area contributed by atoms with Crippen LogP contribution in [-0.2, 0) is 21.2 Å². The summed E-state index contributed by atoms with van der Waals surface area (Å²) in [6, 6.07) is 22.0. The molecule has 1 amide bonds. The van der Waals surface area contributed by atoms with E-state index in [0.717, 1.165) is 5.56 Å². The Bertz CT molecular complexity index is 1050. The van der Waals surface area contributed by atoms with Crippen LogP contribution >= 0.6 is 11.6 Å². The van der Waals surface area contributed by atoms with Gasteiger partial charge in [0, 0.05) is 17.8 Å². The molecule has 3 rings (SSSR count). The predicted molar refractivity (Wildman–Crippen MR) is 112 cm³/mol. The van der Waals surface area contributed by atoms with Crippen LogP contribution in [0.2, 0.25) is 5.02 Å². The molecular formula is C21H19ClN2O3S.